The van der Waals surface area contributed by atoms with Crippen molar-refractivity contribution >= 4 is 34.3 Å². The minimum atomic E-state index is -0.484. The van der Waals surface area contributed by atoms with Gasteiger partial charge in [-0.1, -0.05) is 19.9 Å². The number of hydrogen-bond donors (Lipinski definition) is 3. The Balaban J connectivity index is 1.50. The van der Waals surface area contributed by atoms with E-state index in [9.17, 15) is 14.9 Å². The van der Waals surface area contributed by atoms with Gasteiger partial charge in [-0.2, -0.15) is 0 Å². The van der Waals surface area contributed by atoms with Crippen LogP contribution in [0.4, 0.5) is 17.1 Å². The number of nitrogen functional groups attached to an aromatic ring is 1. The number of nitrogens with zero attached hydrogens (tertiary/aromatic N) is 3. The lowest BCUT2D eigenvalue weighted by Crippen LogP contribution is -2.33. The number of fused-ring (bicyclic) bond motifs is 1. The van der Waals surface area contributed by atoms with Gasteiger partial charge in [0.25, 0.3) is 12.1 Å². The van der Waals surface area contributed by atoms with Gasteiger partial charge in [0.2, 0.25) is 0 Å². The van der Waals surface area contributed by atoms with Gasteiger partial charge >= 0.3 is 0 Å². The standard InChI is InChI=1S/C25H28N6O4S/c1-15(2)16-4-9-19(26)21(12-16)28-24(32)25-29-20-10-11-30(13-22(20)36-25)23(14-31(33)34)27-17-5-7-18(35-3)8-6-17/h4-9,12,14-15,27H,10-11,13,26H2,1-3H3,(H,28,32)/b23-14-. The Bertz CT molecular complexity index is 1300. The van der Waals surface area contributed by atoms with Gasteiger partial charge in [0, 0.05) is 23.5 Å². The van der Waals surface area contributed by atoms with Crippen LogP contribution in [-0.4, -0.2) is 34.4 Å². The molecule has 1 amide bonds. The van der Waals surface area contributed by atoms with Crippen LogP contribution in [-0.2, 0) is 13.0 Å². The van der Waals surface area contributed by atoms with Crippen molar-refractivity contribution in [2.75, 3.05) is 30.0 Å². The van der Waals surface area contributed by atoms with Crippen LogP contribution in [0.25, 0.3) is 0 Å². The lowest BCUT2D eigenvalue weighted by molar-refractivity contribution is -0.404. The Morgan fingerprint density at radius 1 is 1.25 bits per heavy atom. The molecule has 0 saturated carbocycles. The van der Waals surface area contributed by atoms with Crippen molar-refractivity contribution in [2.45, 2.75) is 32.7 Å². The average Bonchev–Trinajstić information content (AvgIpc) is 3.29. The summed E-state index contributed by atoms with van der Waals surface area (Å²) in [6, 6.07) is 12.7. The van der Waals surface area contributed by atoms with Crippen LogP contribution in [0.2, 0.25) is 0 Å². The lowest BCUT2D eigenvalue weighted by Gasteiger charge is -2.29. The third-order valence-electron chi connectivity index (χ3n) is 5.85. The third-order valence-corrected chi connectivity index (χ3v) is 6.93. The van der Waals surface area contributed by atoms with E-state index in [0.717, 1.165) is 22.3 Å². The van der Waals surface area contributed by atoms with Gasteiger partial charge in [-0.05, 0) is 47.9 Å². The van der Waals surface area contributed by atoms with E-state index >= 15 is 0 Å². The minimum Gasteiger partial charge on any atom is -0.497 e. The Labute approximate surface area is 212 Å². The van der Waals surface area contributed by atoms with Crippen LogP contribution in [0.3, 0.4) is 0 Å². The number of benzene rings is 2. The van der Waals surface area contributed by atoms with E-state index in [2.05, 4.69) is 29.5 Å². The molecule has 3 aromatic rings. The molecule has 0 unspecified atom stereocenters. The fourth-order valence-electron chi connectivity index (χ4n) is 3.83. The molecule has 0 saturated heterocycles. The average molecular weight is 509 g/mol. The van der Waals surface area contributed by atoms with E-state index in [4.69, 9.17) is 10.5 Å². The van der Waals surface area contributed by atoms with Crippen molar-refractivity contribution in [1.29, 1.82) is 0 Å². The zero-order valence-electron chi connectivity index (χ0n) is 20.3. The molecule has 1 aromatic heterocycles. The number of methoxy groups -OCH3 is 1. The van der Waals surface area contributed by atoms with Crippen LogP contribution < -0.4 is 21.1 Å². The van der Waals surface area contributed by atoms with E-state index < -0.39 is 4.92 Å². The van der Waals surface area contributed by atoms with E-state index in [1.165, 1.54) is 11.3 Å². The van der Waals surface area contributed by atoms with Crippen molar-refractivity contribution in [3.8, 4) is 5.75 Å². The summed E-state index contributed by atoms with van der Waals surface area (Å²) in [5, 5.41) is 17.7. The van der Waals surface area contributed by atoms with Gasteiger partial charge in [0.1, 0.15) is 5.75 Å². The molecule has 0 aliphatic carbocycles. The Morgan fingerprint density at radius 3 is 2.67 bits per heavy atom. The molecule has 10 nitrogen and oxygen atoms in total. The Hall–Kier alpha value is -4.12. The molecule has 0 atom stereocenters. The third kappa shape index (κ3) is 5.74. The van der Waals surface area contributed by atoms with Crippen LogP contribution in [0, 0.1) is 10.1 Å². The van der Waals surface area contributed by atoms with Gasteiger partial charge in [-0.15, -0.1) is 11.3 Å². The van der Waals surface area contributed by atoms with E-state index in [0.29, 0.717) is 59.1 Å². The van der Waals surface area contributed by atoms with Crippen LogP contribution in [0.1, 0.15) is 45.7 Å². The molecular weight excluding hydrogens is 480 g/mol. The number of hydrogen-bond acceptors (Lipinski definition) is 9. The van der Waals surface area contributed by atoms with Gasteiger partial charge in [-0.25, -0.2) is 4.98 Å². The number of aromatic nitrogens is 1. The molecule has 2 aromatic carbocycles. The molecule has 0 radical (unpaired) electrons. The number of nitrogens with one attached hydrogen (secondary N) is 2. The van der Waals surface area contributed by atoms with E-state index in [1.54, 1.807) is 37.4 Å². The maximum atomic E-state index is 13.0. The predicted molar refractivity (Wildman–Crippen MR) is 141 cm³/mol. The summed E-state index contributed by atoms with van der Waals surface area (Å²) in [6.07, 6.45) is 1.51. The summed E-state index contributed by atoms with van der Waals surface area (Å²) in [5.74, 6) is 1.02. The zero-order valence-corrected chi connectivity index (χ0v) is 21.1. The number of nitro groups is 1. The number of anilines is 3. The first-order valence-electron chi connectivity index (χ1n) is 11.4. The first-order chi connectivity index (χ1) is 17.2. The van der Waals surface area contributed by atoms with Crippen molar-refractivity contribution in [3.05, 3.63) is 85.7 Å². The molecule has 0 fully saturated rings. The minimum absolute atomic E-state index is 0.298. The Kier molecular flexibility index (Phi) is 7.39. The quantitative estimate of drug-likeness (QED) is 0.227. The molecule has 188 valence electrons. The predicted octanol–water partition coefficient (Wildman–Crippen LogP) is 4.66. The molecule has 0 bridgehead atoms. The highest BCUT2D eigenvalue weighted by Gasteiger charge is 2.26. The Morgan fingerprint density at radius 2 is 2.00 bits per heavy atom. The maximum absolute atomic E-state index is 13.0. The fraction of sp³-hybridized carbons (Fsp3) is 0.280. The molecule has 4 N–H and O–H groups in total. The molecule has 4 rings (SSSR count). The van der Waals surface area contributed by atoms with Gasteiger partial charge in [-0.3, -0.25) is 14.9 Å². The van der Waals surface area contributed by atoms with E-state index in [-0.39, 0.29) is 5.91 Å². The van der Waals surface area contributed by atoms with Gasteiger partial charge in [0.15, 0.2) is 10.8 Å². The largest absolute Gasteiger partial charge is 0.497 e. The topological polar surface area (TPSA) is 136 Å². The number of thiazole rings is 1. The highest BCUT2D eigenvalue weighted by molar-refractivity contribution is 7.13. The summed E-state index contributed by atoms with van der Waals surface area (Å²) in [6.45, 7) is 5.06. The molecular formula is C25H28N6O4S. The highest BCUT2D eigenvalue weighted by atomic mass is 32.1. The first-order valence-corrected chi connectivity index (χ1v) is 12.3. The normalized spacial score (nSPS) is 13.3. The highest BCUT2D eigenvalue weighted by Crippen LogP contribution is 2.30. The number of carbonyl (C=O) groups excluding carboxylic acids is 1. The van der Waals surface area contributed by atoms with Gasteiger partial charge < -0.3 is 26.0 Å². The van der Waals surface area contributed by atoms with Crippen molar-refractivity contribution in [2.24, 2.45) is 0 Å². The monoisotopic (exact) mass is 508 g/mol. The fourth-order valence-corrected chi connectivity index (χ4v) is 4.85. The molecule has 11 heteroatoms. The molecule has 1 aliphatic heterocycles. The van der Waals surface area contributed by atoms with Gasteiger partial charge in [0.05, 0.1) is 35.6 Å². The summed E-state index contributed by atoms with van der Waals surface area (Å²) >= 11 is 1.28. The summed E-state index contributed by atoms with van der Waals surface area (Å²) in [5.41, 5.74) is 9.71. The van der Waals surface area contributed by atoms with Crippen LogP contribution in [0.5, 0.6) is 5.75 Å². The van der Waals surface area contributed by atoms with Crippen LogP contribution in [0.15, 0.2) is 54.5 Å². The molecule has 0 spiro atoms. The smallest absolute Gasteiger partial charge is 0.284 e. The molecule has 36 heavy (non-hydrogen) atoms. The van der Waals surface area contributed by atoms with E-state index in [1.807, 2.05) is 17.0 Å². The van der Waals surface area contributed by atoms with Crippen molar-refractivity contribution in [1.82, 2.24) is 9.88 Å². The summed E-state index contributed by atoms with van der Waals surface area (Å²) < 4.78 is 5.17. The second-order valence-corrected chi connectivity index (χ2v) is 9.75. The zero-order chi connectivity index (χ0) is 25.8. The van der Waals surface area contributed by atoms with Crippen molar-refractivity contribution in [3.63, 3.8) is 0 Å². The SMILES string of the molecule is COc1ccc(N/C(=C/[N+](=O)[O-])N2CCc3nc(C(=O)Nc4cc(C(C)C)ccc4N)sc3C2)cc1. The number of nitrogens with two attached hydrogens (primary N) is 1. The lowest BCUT2D eigenvalue weighted by atomic mass is 10.0. The number of carbonyl (C=O) groups is 1. The maximum Gasteiger partial charge on any atom is 0.284 e. The number of ether oxygens (including phenoxy) is 1. The van der Waals surface area contributed by atoms with Crippen LogP contribution >= 0.6 is 11.3 Å². The molecule has 1 aliphatic rings. The molecule has 2 heterocycles. The second-order valence-electron chi connectivity index (χ2n) is 8.67. The number of amides is 1. The number of rotatable bonds is 8. The van der Waals surface area contributed by atoms with Crippen molar-refractivity contribution < 1.29 is 14.5 Å². The summed E-state index contributed by atoms with van der Waals surface area (Å²) in [7, 11) is 1.58. The summed E-state index contributed by atoms with van der Waals surface area (Å²) in [4.78, 5) is 31.1. The second kappa shape index (κ2) is 10.6. The first kappa shape index (κ1) is 25.0.